The first kappa shape index (κ1) is 15.5. The largest absolute Gasteiger partial charge is 0.354 e. The predicted octanol–water partition coefficient (Wildman–Crippen LogP) is 1.32. The minimum absolute atomic E-state index is 0.00588. The number of hydrogen-bond acceptors (Lipinski definition) is 5. The van der Waals surface area contributed by atoms with Crippen molar-refractivity contribution in [3.8, 4) is 0 Å². The van der Waals surface area contributed by atoms with Crippen LogP contribution in [-0.2, 0) is 17.8 Å². The van der Waals surface area contributed by atoms with Crippen LogP contribution in [0.3, 0.4) is 0 Å². The Morgan fingerprint density at radius 3 is 2.78 bits per heavy atom. The Balaban J connectivity index is 1.77. The number of amides is 1. The van der Waals surface area contributed by atoms with Gasteiger partial charge in [0.05, 0.1) is 18.2 Å². The van der Waals surface area contributed by atoms with Gasteiger partial charge in [-0.1, -0.05) is 0 Å². The van der Waals surface area contributed by atoms with Gasteiger partial charge in [-0.25, -0.2) is 15.0 Å². The van der Waals surface area contributed by atoms with Crippen LogP contribution < -0.4 is 10.2 Å². The number of fused-ring (bicyclic) bond motifs is 1. The fraction of sp³-hybridized carbons (Fsp3) is 0.500. The zero-order valence-electron chi connectivity index (χ0n) is 13.7. The molecule has 2 aromatic rings. The summed E-state index contributed by atoms with van der Waals surface area (Å²) in [7, 11) is 0. The van der Waals surface area contributed by atoms with E-state index in [1.54, 1.807) is 12.4 Å². The van der Waals surface area contributed by atoms with Crippen molar-refractivity contribution in [1.82, 2.24) is 24.8 Å². The number of anilines is 1. The van der Waals surface area contributed by atoms with Crippen molar-refractivity contribution in [3.63, 3.8) is 0 Å². The van der Waals surface area contributed by atoms with Crippen LogP contribution in [0.5, 0.6) is 0 Å². The van der Waals surface area contributed by atoms with Crippen molar-refractivity contribution in [2.75, 3.05) is 11.4 Å². The molecule has 0 fully saturated rings. The SMILES string of the molecule is CC(C)NC(=O)Cc1cn2c(n1)C(C)N(c1ncccn1)CC2. The third kappa shape index (κ3) is 3.33. The molecule has 1 atom stereocenters. The van der Waals surface area contributed by atoms with E-state index in [2.05, 4.69) is 36.7 Å². The van der Waals surface area contributed by atoms with E-state index in [1.165, 1.54) is 0 Å². The van der Waals surface area contributed by atoms with Crippen molar-refractivity contribution in [2.45, 2.75) is 45.8 Å². The highest BCUT2D eigenvalue weighted by Gasteiger charge is 2.28. The second-order valence-electron chi connectivity index (χ2n) is 6.10. The highest BCUT2D eigenvalue weighted by atomic mass is 16.1. The van der Waals surface area contributed by atoms with Crippen molar-refractivity contribution >= 4 is 11.9 Å². The van der Waals surface area contributed by atoms with Crippen LogP contribution in [0.25, 0.3) is 0 Å². The monoisotopic (exact) mass is 314 g/mol. The Morgan fingerprint density at radius 1 is 1.35 bits per heavy atom. The molecule has 0 aliphatic carbocycles. The van der Waals surface area contributed by atoms with Gasteiger partial charge < -0.3 is 14.8 Å². The fourth-order valence-corrected chi connectivity index (χ4v) is 2.88. The molecule has 1 aliphatic rings. The summed E-state index contributed by atoms with van der Waals surface area (Å²) in [6.45, 7) is 7.64. The molecule has 7 nitrogen and oxygen atoms in total. The van der Waals surface area contributed by atoms with Gasteiger partial charge in [-0.3, -0.25) is 4.79 Å². The average molecular weight is 314 g/mol. The summed E-state index contributed by atoms with van der Waals surface area (Å²) in [5.41, 5.74) is 0.806. The van der Waals surface area contributed by atoms with E-state index in [0.29, 0.717) is 12.4 Å². The van der Waals surface area contributed by atoms with Gasteiger partial charge in [0.15, 0.2) is 0 Å². The molecule has 0 radical (unpaired) electrons. The summed E-state index contributed by atoms with van der Waals surface area (Å²) in [4.78, 5) is 27.4. The molecule has 0 saturated heterocycles. The minimum Gasteiger partial charge on any atom is -0.354 e. The lowest BCUT2D eigenvalue weighted by molar-refractivity contribution is -0.120. The van der Waals surface area contributed by atoms with Gasteiger partial charge in [0.25, 0.3) is 0 Å². The number of nitrogens with one attached hydrogen (secondary N) is 1. The quantitative estimate of drug-likeness (QED) is 0.921. The number of imidazole rings is 1. The number of carbonyl (C=O) groups is 1. The topological polar surface area (TPSA) is 75.9 Å². The van der Waals surface area contributed by atoms with Gasteiger partial charge >= 0.3 is 0 Å². The lowest BCUT2D eigenvalue weighted by Gasteiger charge is -2.33. The van der Waals surface area contributed by atoms with E-state index in [4.69, 9.17) is 0 Å². The molecule has 3 rings (SSSR count). The van der Waals surface area contributed by atoms with Crippen molar-refractivity contribution in [2.24, 2.45) is 0 Å². The van der Waals surface area contributed by atoms with Crippen LogP contribution in [0.15, 0.2) is 24.7 Å². The van der Waals surface area contributed by atoms with Crippen LogP contribution in [-0.4, -0.2) is 38.0 Å². The summed E-state index contributed by atoms with van der Waals surface area (Å²) < 4.78 is 2.13. The molecule has 23 heavy (non-hydrogen) atoms. The minimum atomic E-state index is 0.00588. The first-order valence-corrected chi connectivity index (χ1v) is 7.93. The molecule has 7 heteroatoms. The molecule has 0 saturated carbocycles. The summed E-state index contributed by atoms with van der Waals surface area (Å²) in [6.07, 6.45) is 5.79. The van der Waals surface area contributed by atoms with E-state index in [-0.39, 0.29) is 18.0 Å². The summed E-state index contributed by atoms with van der Waals surface area (Å²) in [6, 6.07) is 2.03. The maximum absolute atomic E-state index is 11.9. The van der Waals surface area contributed by atoms with Crippen LogP contribution in [0.1, 0.15) is 38.3 Å². The molecule has 3 heterocycles. The van der Waals surface area contributed by atoms with Crippen molar-refractivity contribution in [3.05, 3.63) is 36.2 Å². The Bertz CT molecular complexity index is 681. The number of nitrogens with zero attached hydrogens (tertiary/aromatic N) is 5. The van der Waals surface area contributed by atoms with Gasteiger partial charge in [0.2, 0.25) is 11.9 Å². The van der Waals surface area contributed by atoms with E-state index in [1.807, 2.05) is 26.1 Å². The molecule has 1 amide bonds. The molecular formula is C16H22N6O. The number of rotatable bonds is 4. The number of aromatic nitrogens is 4. The molecule has 1 N–H and O–H groups in total. The second-order valence-corrected chi connectivity index (χ2v) is 6.10. The smallest absolute Gasteiger partial charge is 0.226 e. The lowest BCUT2D eigenvalue weighted by atomic mass is 10.2. The normalized spacial score (nSPS) is 17.2. The number of hydrogen-bond donors (Lipinski definition) is 1. The Kier molecular flexibility index (Phi) is 4.27. The van der Waals surface area contributed by atoms with Crippen molar-refractivity contribution < 1.29 is 4.79 Å². The van der Waals surface area contributed by atoms with Crippen molar-refractivity contribution in [1.29, 1.82) is 0 Å². The molecule has 0 bridgehead atoms. The third-order valence-electron chi connectivity index (χ3n) is 3.88. The fourth-order valence-electron chi connectivity index (χ4n) is 2.88. The predicted molar refractivity (Wildman–Crippen MR) is 87.0 cm³/mol. The molecule has 1 aliphatic heterocycles. The van der Waals surface area contributed by atoms with E-state index >= 15 is 0 Å². The number of carbonyl (C=O) groups excluding carboxylic acids is 1. The van der Waals surface area contributed by atoms with Crippen LogP contribution in [0, 0.1) is 0 Å². The van der Waals surface area contributed by atoms with Gasteiger partial charge in [-0.2, -0.15) is 0 Å². The maximum Gasteiger partial charge on any atom is 0.226 e. The van der Waals surface area contributed by atoms with Gasteiger partial charge in [-0.15, -0.1) is 0 Å². The van der Waals surface area contributed by atoms with E-state index in [0.717, 1.165) is 24.6 Å². The summed E-state index contributed by atoms with van der Waals surface area (Å²) >= 11 is 0. The summed E-state index contributed by atoms with van der Waals surface area (Å²) in [5, 5.41) is 2.90. The molecule has 1 unspecified atom stereocenters. The first-order valence-electron chi connectivity index (χ1n) is 7.93. The standard InChI is InChI=1S/C16H22N6O/c1-11(2)19-14(23)9-13-10-21-7-8-22(12(3)15(21)20-13)16-17-5-4-6-18-16/h4-6,10-12H,7-9H2,1-3H3,(H,19,23). The zero-order valence-corrected chi connectivity index (χ0v) is 13.7. The summed E-state index contributed by atoms with van der Waals surface area (Å²) in [5.74, 6) is 1.68. The lowest BCUT2D eigenvalue weighted by Crippen LogP contribution is -2.37. The molecular weight excluding hydrogens is 292 g/mol. The van der Waals surface area contributed by atoms with E-state index in [9.17, 15) is 4.79 Å². The maximum atomic E-state index is 11.9. The average Bonchev–Trinajstić information content (AvgIpc) is 2.91. The van der Waals surface area contributed by atoms with E-state index < -0.39 is 0 Å². The second kappa shape index (κ2) is 6.36. The first-order chi connectivity index (χ1) is 11.0. The highest BCUT2D eigenvalue weighted by molar-refractivity contribution is 5.78. The van der Waals surface area contributed by atoms with Gasteiger partial charge in [0, 0.05) is 37.7 Å². The Hall–Kier alpha value is -2.44. The van der Waals surface area contributed by atoms with Crippen LogP contribution in [0.2, 0.25) is 0 Å². The Morgan fingerprint density at radius 2 is 2.09 bits per heavy atom. The van der Waals surface area contributed by atoms with Crippen LogP contribution >= 0.6 is 0 Å². The molecule has 122 valence electrons. The van der Waals surface area contributed by atoms with Gasteiger partial charge in [-0.05, 0) is 26.8 Å². The Labute approximate surface area is 135 Å². The molecule has 0 aromatic carbocycles. The van der Waals surface area contributed by atoms with Crippen LogP contribution in [0.4, 0.5) is 5.95 Å². The molecule has 0 spiro atoms. The molecule has 2 aromatic heterocycles. The third-order valence-corrected chi connectivity index (χ3v) is 3.88. The zero-order chi connectivity index (χ0) is 16.4. The van der Waals surface area contributed by atoms with Gasteiger partial charge in [0.1, 0.15) is 5.82 Å². The highest BCUT2D eigenvalue weighted by Crippen LogP contribution is 2.27.